The predicted molar refractivity (Wildman–Crippen MR) is 149 cm³/mol. The van der Waals surface area contributed by atoms with Gasteiger partial charge in [-0.2, -0.15) is 0 Å². The Bertz CT molecular complexity index is 1680. The molecular weight excluding hydrogens is 562 g/mol. The fourth-order valence-corrected chi connectivity index (χ4v) is 5.52. The van der Waals surface area contributed by atoms with Crippen molar-refractivity contribution in [2.24, 2.45) is 4.99 Å². The van der Waals surface area contributed by atoms with E-state index >= 15 is 0 Å². The average Bonchev–Trinajstić information content (AvgIpc) is 3.23. The molecule has 1 aliphatic heterocycles. The van der Waals surface area contributed by atoms with E-state index in [0.717, 1.165) is 11.3 Å². The number of carbonyl (C=O) groups is 1. The van der Waals surface area contributed by atoms with E-state index in [-0.39, 0.29) is 34.0 Å². The Morgan fingerprint density at radius 2 is 2.02 bits per heavy atom. The third-order valence-electron chi connectivity index (χ3n) is 6.04. The lowest BCUT2D eigenvalue weighted by atomic mass is 9.94. The highest BCUT2D eigenvalue weighted by Gasteiger charge is 2.36. The molecule has 0 saturated carbocycles. The van der Waals surface area contributed by atoms with Gasteiger partial charge in [0.05, 0.1) is 41.0 Å². The lowest BCUT2D eigenvalue weighted by molar-refractivity contribution is -0.384. The number of para-hydroxylation sites is 1. The minimum Gasteiger partial charge on any atom is -0.493 e. The van der Waals surface area contributed by atoms with Gasteiger partial charge in [-0.25, -0.2) is 9.79 Å². The van der Waals surface area contributed by atoms with Crippen LogP contribution in [0.3, 0.4) is 0 Å². The molecule has 2 heterocycles. The molecule has 3 aromatic rings. The van der Waals surface area contributed by atoms with Crippen LogP contribution in [0.1, 0.15) is 31.0 Å². The van der Waals surface area contributed by atoms with Crippen LogP contribution in [0.4, 0.5) is 5.69 Å². The largest absolute Gasteiger partial charge is 0.493 e. The number of methoxy groups -OCH3 is 2. The first-order valence-corrected chi connectivity index (χ1v) is 13.3. The Hall–Kier alpha value is -4.00. The Labute approximate surface area is 237 Å². The molecule has 2 aromatic carbocycles. The van der Waals surface area contributed by atoms with Gasteiger partial charge in [0.15, 0.2) is 16.3 Å². The summed E-state index contributed by atoms with van der Waals surface area (Å²) < 4.78 is 23.6. The number of carbonyl (C=O) groups excluding carboxylic acids is 1. The molecular formula is C27H26ClN3O8S. The number of benzene rings is 2. The van der Waals surface area contributed by atoms with Crippen LogP contribution in [0.25, 0.3) is 6.08 Å². The number of thiazole rings is 1. The lowest BCUT2D eigenvalue weighted by Gasteiger charge is -2.27. The first kappa shape index (κ1) is 29.0. The highest BCUT2D eigenvalue weighted by atomic mass is 35.5. The maximum absolute atomic E-state index is 13.9. The molecule has 210 valence electrons. The van der Waals surface area contributed by atoms with Crippen molar-refractivity contribution >= 4 is 40.7 Å². The summed E-state index contributed by atoms with van der Waals surface area (Å²) in [6.07, 6.45) is 1.52. The SMILES string of the molecule is CCOc1c(OC)cccc1[C@@H]1C(C(=O)OCCOC)=C(C)N=c2s/c(=C/c3ccc(Cl)c([N+](=O)[O-])c3)c(=O)n21. The minimum atomic E-state index is -0.954. The number of nitrogens with zero attached hydrogens (tertiary/aromatic N) is 3. The molecule has 0 radical (unpaired) electrons. The molecule has 0 saturated heterocycles. The number of rotatable bonds is 10. The van der Waals surface area contributed by atoms with Gasteiger partial charge >= 0.3 is 5.97 Å². The van der Waals surface area contributed by atoms with Crippen LogP contribution in [0.2, 0.25) is 5.02 Å². The van der Waals surface area contributed by atoms with Gasteiger partial charge in [-0.1, -0.05) is 41.1 Å². The first-order chi connectivity index (χ1) is 19.2. The first-order valence-electron chi connectivity index (χ1n) is 12.1. The molecule has 1 aliphatic rings. The van der Waals surface area contributed by atoms with E-state index in [4.69, 9.17) is 30.5 Å². The zero-order valence-electron chi connectivity index (χ0n) is 22.1. The number of halogens is 1. The number of aromatic nitrogens is 1. The van der Waals surface area contributed by atoms with E-state index in [1.54, 1.807) is 31.2 Å². The number of nitro benzene ring substituents is 1. The third-order valence-corrected chi connectivity index (χ3v) is 7.34. The van der Waals surface area contributed by atoms with Gasteiger partial charge in [0, 0.05) is 18.7 Å². The Kier molecular flexibility index (Phi) is 9.03. The van der Waals surface area contributed by atoms with Crippen molar-refractivity contribution in [3.8, 4) is 11.5 Å². The number of fused-ring (bicyclic) bond motifs is 1. The van der Waals surface area contributed by atoms with Crippen LogP contribution < -0.4 is 24.4 Å². The van der Waals surface area contributed by atoms with Gasteiger partial charge in [-0.3, -0.25) is 19.5 Å². The molecule has 11 nitrogen and oxygen atoms in total. The van der Waals surface area contributed by atoms with Gasteiger partial charge in [0.1, 0.15) is 17.7 Å². The van der Waals surface area contributed by atoms with Gasteiger partial charge in [0.25, 0.3) is 11.2 Å². The van der Waals surface area contributed by atoms with Gasteiger partial charge < -0.3 is 18.9 Å². The van der Waals surface area contributed by atoms with Crippen molar-refractivity contribution in [3.05, 3.63) is 93.6 Å². The van der Waals surface area contributed by atoms with Crippen LogP contribution in [0.15, 0.2) is 57.5 Å². The Balaban J connectivity index is 1.97. The Morgan fingerprint density at radius 1 is 1.25 bits per heavy atom. The number of hydrogen-bond acceptors (Lipinski definition) is 10. The number of esters is 1. The van der Waals surface area contributed by atoms with Crippen LogP contribution in [0, 0.1) is 10.1 Å². The van der Waals surface area contributed by atoms with Crippen molar-refractivity contribution < 1.29 is 28.7 Å². The second kappa shape index (κ2) is 12.5. The quantitative estimate of drug-likeness (QED) is 0.153. The molecule has 40 heavy (non-hydrogen) atoms. The number of allylic oxidation sites excluding steroid dienone is 1. The van der Waals surface area contributed by atoms with E-state index in [9.17, 15) is 19.7 Å². The van der Waals surface area contributed by atoms with Crippen LogP contribution in [-0.4, -0.2) is 49.5 Å². The second-order valence-corrected chi connectivity index (χ2v) is 9.91. The molecule has 1 aromatic heterocycles. The van der Waals surface area contributed by atoms with Crippen LogP contribution in [0.5, 0.6) is 11.5 Å². The molecule has 1 atom stereocenters. The van der Waals surface area contributed by atoms with Crippen molar-refractivity contribution in [2.75, 3.05) is 34.0 Å². The van der Waals surface area contributed by atoms with E-state index in [1.165, 1.54) is 37.0 Å². The van der Waals surface area contributed by atoms with Crippen molar-refractivity contribution in [3.63, 3.8) is 0 Å². The monoisotopic (exact) mass is 587 g/mol. The van der Waals surface area contributed by atoms with Crippen LogP contribution in [-0.2, 0) is 14.3 Å². The molecule has 0 spiro atoms. The highest BCUT2D eigenvalue weighted by Crippen LogP contribution is 2.40. The van der Waals surface area contributed by atoms with Gasteiger partial charge in [0.2, 0.25) is 0 Å². The summed E-state index contributed by atoms with van der Waals surface area (Å²) in [4.78, 5) is 43.0. The molecule has 13 heteroatoms. The molecule has 0 N–H and O–H groups in total. The fraction of sp³-hybridized carbons (Fsp3) is 0.296. The smallest absolute Gasteiger partial charge is 0.338 e. The number of hydrogen-bond donors (Lipinski definition) is 0. The van der Waals surface area contributed by atoms with Crippen LogP contribution >= 0.6 is 22.9 Å². The van der Waals surface area contributed by atoms with E-state index < -0.39 is 22.5 Å². The standard InChI is InChI=1S/C27H26ClN3O8S/c1-5-38-24-17(7-6-8-20(24)37-4)23-22(26(33)39-12-11-36-3)15(2)29-27-30(23)25(32)21(40-27)14-16-9-10-18(28)19(13-16)31(34)35/h6-10,13-14,23H,5,11-12H2,1-4H3/b21-14+/t23-/m1/s1. The summed E-state index contributed by atoms with van der Waals surface area (Å²) in [6.45, 7) is 3.99. The van der Waals surface area contributed by atoms with E-state index in [2.05, 4.69) is 4.99 Å². The fourth-order valence-electron chi connectivity index (χ4n) is 4.29. The second-order valence-electron chi connectivity index (χ2n) is 8.49. The zero-order chi connectivity index (χ0) is 29.0. The highest BCUT2D eigenvalue weighted by molar-refractivity contribution is 7.07. The average molecular weight is 588 g/mol. The van der Waals surface area contributed by atoms with E-state index in [0.29, 0.717) is 39.7 Å². The zero-order valence-corrected chi connectivity index (χ0v) is 23.7. The number of nitro groups is 1. The summed E-state index contributed by atoms with van der Waals surface area (Å²) >= 11 is 7.04. The molecule has 0 amide bonds. The summed E-state index contributed by atoms with van der Waals surface area (Å²) in [7, 11) is 2.99. The maximum atomic E-state index is 13.9. The van der Waals surface area contributed by atoms with Gasteiger partial charge in [-0.05, 0) is 37.6 Å². The maximum Gasteiger partial charge on any atom is 0.338 e. The predicted octanol–water partition coefficient (Wildman–Crippen LogP) is 3.39. The minimum absolute atomic E-state index is 0.00896. The summed E-state index contributed by atoms with van der Waals surface area (Å²) in [5, 5.41) is 11.4. The number of ether oxygens (including phenoxy) is 4. The van der Waals surface area contributed by atoms with Crippen molar-refractivity contribution in [2.45, 2.75) is 19.9 Å². The molecule has 0 bridgehead atoms. The molecule has 0 fully saturated rings. The summed E-state index contributed by atoms with van der Waals surface area (Å²) in [6, 6.07) is 8.51. The van der Waals surface area contributed by atoms with Crippen molar-refractivity contribution in [1.29, 1.82) is 0 Å². The topological polar surface area (TPSA) is 131 Å². The normalized spacial score (nSPS) is 14.9. The lowest BCUT2D eigenvalue weighted by Crippen LogP contribution is -2.40. The van der Waals surface area contributed by atoms with E-state index in [1.807, 2.05) is 6.92 Å². The molecule has 0 aliphatic carbocycles. The molecule has 0 unspecified atom stereocenters. The van der Waals surface area contributed by atoms with Crippen molar-refractivity contribution in [1.82, 2.24) is 4.57 Å². The molecule has 4 rings (SSSR count). The Morgan fingerprint density at radius 3 is 2.70 bits per heavy atom. The summed E-state index contributed by atoms with van der Waals surface area (Å²) in [5.74, 6) is 0.144. The van der Waals surface area contributed by atoms with Gasteiger partial charge in [-0.15, -0.1) is 0 Å². The summed E-state index contributed by atoms with van der Waals surface area (Å²) in [5.41, 5.74) is 0.703. The third kappa shape index (κ3) is 5.64.